The number of rotatable bonds is 4. The van der Waals surface area contributed by atoms with Crippen molar-refractivity contribution >= 4 is 33.2 Å². The molecule has 2 aromatic rings. The molecule has 3 rings (SSSR count). The zero-order chi connectivity index (χ0) is 13.2. The van der Waals surface area contributed by atoms with Gasteiger partial charge in [-0.25, -0.2) is 0 Å². The van der Waals surface area contributed by atoms with Crippen LogP contribution in [0.2, 0.25) is 5.02 Å². The van der Waals surface area contributed by atoms with Crippen LogP contribution in [-0.2, 0) is 6.54 Å². The van der Waals surface area contributed by atoms with Gasteiger partial charge in [0.05, 0.1) is 0 Å². The first-order chi connectivity index (χ1) is 9.22. The minimum absolute atomic E-state index is 0.742. The van der Waals surface area contributed by atoms with Gasteiger partial charge in [-0.05, 0) is 64.0 Å². The Balaban J connectivity index is 1.64. The van der Waals surface area contributed by atoms with Crippen molar-refractivity contribution < 1.29 is 0 Å². The zero-order valence-corrected chi connectivity index (χ0v) is 12.8. The average molecular weight is 337 g/mol. The molecular weight excluding hydrogens is 322 g/mol. The van der Waals surface area contributed by atoms with E-state index in [0.29, 0.717) is 0 Å². The molecule has 1 aliphatic carbocycles. The van der Waals surface area contributed by atoms with Gasteiger partial charge in [0.1, 0.15) is 0 Å². The minimum Gasteiger partial charge on any atom is -0.380 e. The summed E-state index contributed by atoms with van der Waals surface area (Å²) in [6.45, 7) is 0.825. The second-order valence-electron chi connectivity index (χ2n) is 4.99. The third kappa shape index (κ3) is 3.31. The Kier molecular flexibility index (Phi) is 3.81. The van der Waals surface area contributed by atoms with E-state index in [9.17, 15) is 0 Å². The van der Waals surface area contributed by atoms with E-state index in [-0.39, 0.29) is 0 Å². The molecule has 0 aromatic heterocycles. The Morgan fingerprint density at radius 2 is 1.84 bits per heavy atom. The number of halogens is 2. The van der Waals surface area contributed by atoms with E-state index in [1.54, 1.807) is 0 Å². The van der Waals surface area contributed by atoms with Crippen LogP contribution in [0.15, 0.2) is 46.9 Å². The Bertz CT molecular complexity index is 576. The van der Waals surface area contributed by atoms with Crippen molar-refractivity contribution in [1.82, 2.24) is 0 Å². The van der Waals surface area contributed by atoms with Gasteiger partial charge in [0.25, 0.3) is 0 Å². The van der Waals surface area contributed by atoms with Gasteiger partial charge in [-0.3, -0.25) is 0 Å². The second-order valence-corrected chi connectivity index (χ2v) is 6.28. The lowest BCUT2D eigenvalue weighted by atomic mass is 10.1. The van der Waals surface area contributed by atoms with Gasteiger partial charge >= 0.3 is 0 Å². The predicted octanol–water partition coefficient (Wildman–Crippen LogP) is 5.59. The fourth-order valence-electron chi connectivity index (χ4n) is 2.15. The van der Waals surface area contributed by atoms with E-state index in [2.05, 4.69) is 45.5 Å². The van der Waals surface area contributed by atoms with Crippen LogP contribution in [-0.4, -0.2) is 0 Å². The first-order valence-corrected chi connectivity index (χ1v) is 7.67. The van der Waals surface area contributed by atoms with Crippen molar-refractivity contribution in [2.45, 2.75) is 25.3 Å². The Labute approximate surface area is 127 Å². The van der Waals surface area contributed by atoms with E-state index in [1.807, 2.05) is 18.2 Å². The molecule has 0 atom stereocenters. The van der Waals surface area contributed by atoms with Gasteiger partial charge in [0, 0.05) is 21.7 Å². The minimum atomic E-state index is 0.742. The molecule has 98 valence electrons. The molecule has 1 saturated carbocycles. The van der Waals surface area contributed by atoms with Crippen molar-refractivity contribution in [3.63, 3.8) is 0 Å². The zero-order valence-electron chi connectivity index (χ0n) is 10.5. The fraction of sp³-hybridized carbons (Fsp3) is 0.250. The predicted molar refractivity (Wildman–Crippen MR) is 84.9 cm³/mol. The maximum absolute atomic E-state index is 5.93. The van der Waals surface area contributed by atoms with Crippen LogP contribution in [0.3, 0.4) is 0 Å². The van der Waals surface area contributed by atoms with Crippen LogP contribution in [0.1, 0.15) is 29.9 Å². The molecule has 1 fully saturated rings. The summed E-state index contributed by atoms with van der Waals surface area (Å²) in [6, 6.07) is 14.7. The summed E-state index contributed by atoms with van der Waals surface area (Å²) in [5.41, 5.74) is 3.85. The topological polar surface area (TPSA) is 12.0 Å². The summed E-state index contributed by atoms with van der Waals surface area (Å²) in [7, 11) is 0. The van der Waals surface area contributed by atoms with Gasteiger partial charge in [-0.1, -0.05) is 35.9 Å². The molecule has 3 heteroatoms. The van der Waals surface area contributed by atoms with Gasteiger partial charge in [-0.2, -0.15) is 0 Å². The molecule has 0 aliphatic heterocycles. The number of nitrogens with one attached hydrogen (secondary N) is 1. The van der Waals surface area contributed by atoms with Crippen LogP contribution in [0.4, 0.5) is 5.69 Å². The Hall–Kier alpha value is -0.990. The summed E-state index contributed by atoms with van der Waals surface area (Å²) in [6.07, 6.45) is 2.71. The van der Waals surface area contributed by atoms with E-state index in [0.717, 1.165) is 27.6 Å². The molecule has 0 saturated heterocycles. The van der Waals surface area contributed by atoms with Crippen LogP contribution in [0.5, 0.6) is 0 Å². The summed E-state index contributed by atoms with van der Waals surface area (Å²) >= 11 is 9.44. The van der Waals surface area contributed by atoms with E-state index >= 15 is 0 Å². The first-order valence-electron chi connectivity index (χ1n) is 6.50. The van der Waals surface area contributed by atoms with E-state index in [1.165, 1.54) is 24.0 Å². The van der Waals surface area contributed by atoms with E-state index in [4.69, 9.17) is 11.6 Å². The number of benzene rings is 2. The fourth-order valence-corrected chi connectivity index (χ4v) is 2.98. The Morgan fingerprint density at radius 1 is 1.11 bits per heavy atom. The van der Waals surface area contributed by atoms with Crippen LogP contribution in [0.25, 0.3) is 0 Å². The molecule has 0 unspecified atom stereocenters. The number of hydrogen-bond donors (Lipinski definition) is 1. The van der Waals surface area contributed by atoms with Gasteiger partial charge in [0.2, 0.25) is 0 Å². The molecule has 1 aliphatic rings. The SMILES string of the molecule is Clc1ccc(NCc2ccc(C3CC3)cc2)c(Br)c1. The normalized spacial score (nSPS) is 14.4. The molecule has 2 aromatic carbocycles. The maximum Gasteiger partial charge on any atom is 0.0488 e. The largest absolute Gasteiger partial charge is 0.380 e. The molecule has 1 N–H and O–H groups in total. The van der Waals surface area contributed by atoms with Crippen LogP contribution >= 0.6 is 27.5 Å². The van der Waals surface area contributed by atoms with Crippen molar-refractivity contribution in [3.05, 3.63) is 63.1 Å². The highest BCUT2D eigenvalue weighted by Crippen LogP contribution is 2.39. The summed E-state index contributed by atoms with van der Waals surface area (Å²) in [5.74, 6) is 0.826. The first kappa shape index (κ1) is 13.0. The average Bonchev–Trinajstić information content (AvgIpc) is 3.23. The van der Waals surface area contributed by atoms with Crippen molar-refractivity contribution in [2.75, 3.05) is 5.32 Å². The van der Waals surface area contributed by atoms with Gasteiger partial charge in [-0.15, -0.1) is 0 Å². The monoisotopic (exact) mass is 335 g/mol. The highest BCUT2D eigenvalue weighted by molar-refractivity contribution is 9.10. The highest BCUT2D eigenvalue weighted by Gasteiger charge is 2.22. The van der Waals surface area contributed by atoms with Crippen molar-refractivity contribution in [3.8, 4) is 0 Å². The van der Waals surface area contributed by atoms with Gasteiger partial charge < -0.3 is 5.32 Å². The molecule has 19 heavy (non-hydrogen) atoms. The Morgan fingerprint density at radius 3 is 2.47 bits per heavy atom. The third-order valence-electron chi connectivity index (χ3n) is 3.44. The third-order valence-corrected chi connectivity index (χ3v) is 4.33. The lowest BCUT2D eigenvalue weighted by Crippen LogP contribution is -2.00. The molecule has 0 bridgehead atoms. The van der Waals surface area contributed by atoms with Crippen molar-refractivity contribution in [1.29, 1.82) is 0 Å². The highest BCUT2D eigenvalue weighted by atomic mass is 79.9. The standard InChI is InChI=1S/C16H15BrClN/c17-15-9-14(18)7-8-16(15)19-10-11-1-3-12(4-2-11)13-5-6-13/h1-4,7-9,13,19H,5-6,10H2. The van der Waals surface area contributed by atoms with Gasteiger partial charge in [0.15, 0.2) is 0 Å². The lowest BCUT2D eigenvalue weighted by Gasteiger charge is -2.09. The molecule has 0 heterocycles. The van der Waals surface area contributed by atoms with E-state index < -0.39 is 0 Å². The van der Waals surface area contributed by atoms with Crippen LogP contribution in [0, 0.1) is 0 Å². The van der Waals surface area contributed by atoms with Crippen molar-refractivity contribution in [2.24, 2.45) is 0 Å². The maximum atomic E-state index is 5.93. The second kappa shape index (κ2) is 5.56. The quantitative estimate of drug-likeness (QED) is 0.767. The molecule has 1 nitrogen and oxygen atoms in total. The summed E-state index contributed by atoms with van der Waals surface area (Å²) < 4.78 is 0.995. The number of anilines is 1. The molecular formula is C16H15BrClN. The number of hydrogen-bond acceptors (Lipinski definition) is 1. The smallest absolute Gasteiger partial charge is 0.0488 e. The molecule has 0 amide bonds. The summed E-state index contributed by atoms with van der Waals surface area (Å²) in [5, 5.41) is 4.16. The molecule has 0 spiro atoms. The van der Waals surface area contributed by atoms with Crippen LogP contribution < -0.4 is 5.32 Å². The summed E-state index contributed by atoms with van der Waals surface area (Å²) in [4.78, 5) is 0. The lowest BCUT2D eigenvalue weighted by molar-refractivity contribution is 1.10. The molecule has 0 radical (unpaired) electrons.